The number of hydrogen-bond donors (Lipinski definition) is 2. The zero-order valence-corrected chi connectivity index (χ0v) is 15.3. The molecule has 0 radical (unpaired) electrons. The Kier molecular flexibility index (Phi) is 8.21. The molecule has 1 aromatic rings. The molecular weight excluding hydrogens is 402 g/mol. The number of carbonyl (C=O) groups excluding carboxylic acids is 1. The first kappa shape index (κ1) is 18.9. The van der Waals surface area contributed by atoms with Crippen LogP contribution in [0.3, 0.4) is 0 Å². The van der Waals surface area contributed by atoms with Crippen LogP contribution in [-0.4, -0.2) is 51.3 Å². The first-order chi connectivity index (χ1) is 9.92. The van der Waals surface area contributed by atoms with Gasteiger partial charge in [-0.05, 0) is 34.2 Å². The third kappa shape index (κ3) is 5.87. The van der Waals surface area contributed by atoms with Crippen molar-refractivity contribution in [3.05, 3.63) is 14.7 Å². The fourth-order valence-corrected chi connectivity index (χ4v) is 5.76. The normalized spacial score (nSPS) is 11.6. The maximum Gasteiger partial charge on any atom is 0.348 e. The van der Waals surface area contributed by atoms with Gasteiger partial charge in [-0.3, -0.25) is 0 Å². The van der Waals surface area contributed by atoms with Crippen LogP contribution in [0.5, 0.6) is 0 Å². The quantitative estimate of drug-likeness (QED) is 0.469. The Morgan fingerprint density at radius 2 is 2.24 bits per heavy atom. The number of halogens is 1. The number of esters is 1. The number of hydrogen-bond acceptors (Lipinski definition) is 7. The van der Waals surface area contributed by atoms with E-state index in [1.54, 1.807) is 11.8 Å². The van der Waals surface area contributed by atoms with Crippen molar-refractivity contribution >= 4 is 55.0 Å². The SMILES string of the molecule is COC(=O)c1cc(S(=O)(=O)NCCSCCCO)c(Br)s1. The van der Waals surface area contributed by atoms with Gasteiger partial charge in [0.25, 0.3) is 0 Å². The number of sulfonamides is 1. The summed E-state index contributed by atoms with van der Waals surface area (Å²) in [5.74, 6) is 0.833. The largest absolute Gasteiger partial charge is 0.465 e. The summed E-state index contributed by atoms with van der Waals surface area (Å²) in [6, 6.07) is 1.29. The van der Waals surface area contributed by atoms with Crippen LogP contribution in [0.15, 0.2) is 14.7 Å². The topological polar surface area (TPSA) is 92.7 Å². The maximum atomic E-state index is 12.1. The molecule has 120 valence electrons. The molecule has 0 aromatic carbocycles. The minimum atomic E-state index is -3.66. The predicted octanol–water partition coefficient (Wildman–Crippen LogP) is 1.69. The summed E-state index contributed by atoms with van der Waals surface area (Å²) in [4.78, 5) is 11.7. The second kappa shape index (κ2) is 9.11. The van der Waals surface area contributed by atoms with E-state index in [1.165, 1.54) is 13.2 Å². The van der Waals surface area contributed by atoms with E-state index in [1.807, 2.05) is 0 Å². The highest BCUT2D eigenvalue weighted by Gasteiger charge is 2.23. The van der Waals surface area contributed by atoms with E-state index in [9.17, 15) is 13.2 Å². The molecule has 10 heteroatoms. The second-order valence-corrected chi connectivity index (χ2v) is 9.16. The van der Waals surface area contributed by atoms with Crippen molar-refractivity contribution in [2.75, 3.05) is 31.8 Å². The van der Waals surface area contributed by atoms with E-state index < -0.39 is 16.0 Å². The molecule has 0 fully saturated rings. The Balaban J connectivity index is 2.62. The fraction of sp³-hybridized carbons (Fsp3) is 0.545. The highest BCUT2D eigenvalue weighted by molar-refractivity contribution is 9.11. The minimum Gasteiger partial charge on any atom is -0.465 e. The van der Waals surface area contributed by atoms with Crippen LogP contribution >= 0.6 is 39.0 Å². The summed E-state index contributed by atoms with van der Waals surface area (Å²) in [6.07, 6.45) is 0.690. The molecule has 0 amide bonds. The second-order valence-electron chi connectivity index (χ2n) is 3.83. The van der Waals surface area contributed by atoms with Gasteiger partial charge in [-0.2, -0.15) is 11.8 Å². The van der Waals surface area contributed by atoms with Crippen molar-refractivity contribution in [2.45, 2.75) is 11.3 Å². The monoisotopic (exact) mass is 417 g/mol. The summed E-state index contributed by atoms with van der Waals surface area (Å²) in [5, 5.41) is 8.63. The highest BCUT2D eigenvalue weighted by Crippen LogP contribution is 2.31. The van der Waals surface area contributed by atoms with Crippen LogP contribution in [0, 0.1) is 0 Å². The first-order valence-electron chi connectivity index (χ1n) is 5.98. The van der Waals surface area contributed by atoms with Gasteiger partial charge in [0.15, 0.2) is 0 Å². The molecule has 1 aromatic heterocycles. The zero-order chi connectivity index (χ0) is 15.9. The zero-order valence-electron chi connectivity index (χ0n) is 11.3. The summed E-state index contributed by atoms with van der Waals surface area (Å²) in [5.41, 5.74) is 0. The van der Waals surface area contributed by atoms with Crippen LogP contribution in [-0.2, 0) is 14.8 Å². The molecule has 1 heterocycles. The van der Waals surface area contributed by atoms with Gasteiger partial charge in [0.05, 0.1) is 10.9 Å². The van der Waals surface area contributed by atoms with E-state index in [0.29, 0.717) is 16.0 Å². The summed E-state index contributed by atoms with van der Waals surface area (Å²) in [7, 11) is -2.42. The Hall–Kier alpha value is -0.130. The lowest BCUT2D eigenvalue weighted by Crippen LogP contribution is -2.26. The van der Waals surface area contributed by atoms with Crippen molar-refractivity contribution in [1.82, 2.24) is 4.72 Å². The number of rotatable bonds is 9. The van der Waals surface area contributed by atoms with Crippen LogP contribution in [0.4, 0.5) is 0 Å². The number of carbonyl (C=O) groups is 1. The van der Waals surface area contributed by atoms with Crippen molar-refractivity contribution in [3.63, 3.8) is 0 Å². The van der Waals surface area contributed by atoms with Gasteiger partial charge in [-0.15, -0.1) is 11.3 Å². The van der Waals surface area contributed by atoms with E-state index in [0.717, 1.165) is 17.1 Å². The smallest absolute Gasteiger partial charge is 0.348 e. The Morgan fingerprint density at radius 3 is 2.86 bits per heavy atom. The summed E-state index contributed by atoms with van der Waals surface area (Å²) >= 11 is 5.73. The summed E-state index contributed by atoms with van der Waals surface area (Å²) in [6.45, 7) is 0.422. The number of methoxy groups -OCH3 is 1. The lowest BCUT2D eigenvalue weighted by Gasteiger charge is -2.05. The molecule has 6 nitrogen and oxygen atoms in total. The van der Waals surface area contributed by atoms with Gasteiger partial charge in [-0.1, -0.05) is 0 Å². The average Bonchev–Trinajstić information content (AvgIpc) is 2.84. The third-order valence-corrected chi connectivity index (χ3v) is 7.08. The third-order valence-electron chi connectivity index (χ3n) is 2.32. The van der Waals surface area contributed by atoms with Gasteiger partial charge in [-0.25, -0.2) is 17.9 Å². The van der Waals surface area contributed by atoms with E-state index >= 15 is 0 Å². The molecule has 0 atom stereocenters. The van der Waals surface area contributed by atoms with Gasteiger partial charge >= 0.3 is 5.97 Å². The molecule has 0 spiro atoms. The van der Waals surface area contributed by atoms with E-state index in [4.69, 9.17) is 5.11 Å². The minimum absolute atomic E-state index is 0.0354. The predicted molar refractivity (Wildman–Crippen MR) is 87.6 cm³/mol. The Morgan fingerprint density at radius 1 is 1.52 bits per heavy atom. The molecular formula is C11H16BrNO5S3. The van der Waals surface area contributed by atoms with Crippen molar-refractivity contribution < 1.29 is 23.1 Å². The lowest BCUT2D eigenvalue weighted by atomic mass is 10.5. The number of thiophene rings is 1. The van der Waals surface area contributed by atoms with Crippen LogP contribution in [0.25, 0.3) is 0 Å². The number of thioether (sulfide) groups is 1. The number of ether oxygens (including phenoxy) is 1. The first-order valence-corrected chi connectivity index (χ1v) is 10.2. The molecule has 0 aliphatic rings. The Labute approximate surface area is 140 Å². The molecule has 1 rings (SSSR count). The van der Waals surface area contributed by atoms with Crippen molar-refractivity contribution in [3.8, 4) is 0 Å². The molecule has 0 aliphatic heterocycles. The highest BCUT2D eigenvalue weighted by atomic mass is 79.9. The molecule has 0 bridgehead atoms. The van der Waals surface area contributed by atoms with Crippen LogP contribution in [0.1, 0.15) is 16.1 Å². The van der Waals surface area contributed by atoms with Crippen molar-refractivity contribution in [2.24, 2.45) is 0 Å². The van der Waals surface area contributed by atoms with Crippen molar-refractivity contribution in [1.29, 1.82) is 0 Å². The number of nitrogens with one attached hydrogen (secondary N) is 1. The van der Waals surface area contributed by atoms with E-state index in [-0.39, 0.29) is 22.9 Å². The molecule has 21 heavy (non-hydrogen) atoms. The van der Waals surface area contributed by atoms with E-state index in [2.05, 4.69) is 25.4 Å². The number of aliphatic hydroxyl groups is 1. The molecule has 0 aliphatic carbocycles. The number of aliphatic hydroxyl groups excluding tert-OH is 1. The van der Waals surface area contributed by atoms with Gasteiger partial charge < -0.3 is 9.84 Å². The summed E-state index contributed by atoms with van der Waals surface area (Å²) < 4.78 is 31.7. The lowest BCUT2D eigenvalue weighted by molar-refractivity contribution is 0.0606. The molecule has 0 saturated carbocycles. The van der Waals surface area contributed by atoms with Gasteiger partial charge in [0.2, 0.25) is 10.0 Å². The van der Waals surface area contributed by atoms with Crippen LogP contribution < -0.4 is 4.72 Å². The molecule has 0 unspecified atom stereocenters. The van der Waals surface area contributed by atoms with Gasteiger partial charge in [0.1, 0.15) is 9.77 Å². The Bertz CT molecular complexity index is 572. The fourth-order valence-electron chi connectivity index (χ4n) is 1.33. The standard InChI is InChI=1S/C11H16BrNO5S3/c1-18-11(15)8-7-9(10(12)20-8)21(16,17)13-3-6-19-5-2-4-14/h7,13-14H,2-6H2,1H3. The van der Waals surface area contributed by atoms with Crippen LogP contribution in [0.2, 0.25) is 0 Å². The molecule has 0 saturated heterocycles. The van der Waals surface area contributed by atoms with Gasteiger partial charge in [0, 0.05) is 18.9 Å². The maximum absolute atomic E-state index is 12.1. The average molecular weight is 418 g/mol. The molecule has 2 N–H and O–H groups in total.